The third kappa shape index (κ3) is 5.84. The Kier molecular flexibility index (Phi) is 8.06. The number of ether oxygens (including phenoxy) is 2. The summed E-state index contributed by atoms with van der Waals surface area (Å²) in [6, 6.07) is 11.8. The minimum atomic E-state index is -0.640. The van der Waals surface area contributed by atoms with Crippen LogP contribution in [-0.4, -0.2) is 48.6 Å². The molecule has 188 valence electrons. The molecule has 2 aromatic rings. The van der Waals surface area contributed by atoms with Crippen LogP contribution in [-0.2, 0) is 20.7 Å². The highest BCUT2D eigenvalue weighted by Gasteiger charge is 2.34. The molecule has 0 unspecified atom stereocenters. The molecule has 0 spiro atoms. The van der Waals surface area contributed by atoms with Gasteiger partial charge in [0.1, 0.15) is 11.6 Å². The fraction of sp³-hybridized carbons (Fsp3) is 0.500. The number of benzene rings is 2. The summed E-state index contributed by atoms with van der Waals surface area (Å²) in [7, 11) is 0. The summed E-state index contributed by atoms with van der Waals surface area (Å²) < 4.78 is 25.9. The highest BCUT2D eigenvalue weighted by Crippen LogP contribution is 2.38. The van der Waals surface area contributed by atoms with Gasteiger partial charge in [0.25, 0.3) is 5.91 Å². The molecule has 0 aromatic heterocycles. The molecule has 0 saturated carbocycles. The van der Waals surface area contributed by atoms with Gasteiger partial charge in [0.2, 0.25) is 5.91 Å². The summed E-state index contributed by atoms with van der Waals surface area (Å²) in [6.07, 6.45) is 2.62. The molecule has 4 rings (SSSR count). The average molecular weight is 483 g/mol. The second-order valence-corrected chi connectivity index (χ2v) is 9.65. The fourth-order valence-corrected chi connectivity index (χ4v) is 4.89. The third-order valence-corrected chi connectivity index (χ3v) is 6.76. The molecule has 1 fully saturated rings. The molecule has 0 bridgehead atoms. The first-order valence-electron chi connectivity index (χ1n) is 12.6. The van der Waals surface area contributed by atoms with Crippen LogP contribution in [0.3, 0.4) is 0 Å². The Labute approximate surface area is 206 Å². The molecule has 35 heavy (non-hydrogen) atoms. The monoisotopic (exact) mass is 482 g/mol. The van der Waals surface area contributed by atoms with Crippen LogP contribution in [0, 0.1) is 11.7 Å². The second kappa shape index (κ2) is 11.2. The second-order valence-electron chi connectivity index (χ2n) is 9.65. The summed E-state index contributed by atoms with van der Waals surface area (Å²) in [4.78, 5) is 27.7. The fourth-order valence-electron chi connectivity index (χ4n) is 4.89. The summed E-state index contributed by atoms with van der Waals surface area (Å²) in [5.41, 5.74) is 2.72. The Hall–Kier alpha value is -2.93. The normalized spacial score (nSPS) is 20.4. The Morgan fingerprint density at radius 1 is 1.23 bits per heavy atom. The van der Waals surface area contributed by atoms with E-state index in [1.54, 1.807) is 6.07 Å². The number of carbonyl (C=O) groups excluding carboxylic acids is 2. The molecule has 2 aromatic carbocycles. The lowest BCUT2D eigenvalue weighted by Gasteiger charge is -2.39. The van der Waals surface area contributed by atoms with Gasteiger partial charge in [-0.25, -0.2) is 4.39 Å². The molecule has 2 aliphatic rings. The number of halogens is 1. The summed E-state index contributed by atoms with van der Waals surface area (Å²) in [5.74, 6) is -0.102. The topological polar surface area (TPSA) is 67.9 Å². The van der Waals surface area contributed by atoms with Gasteiger partial charge in [0, 0.05) is 25.6 Å². The number of nitrogens with one attached hydrogen (secondary N) is 1. The van der Waals surface area contributed by atoms with Crippen LogP contribution in [0.15, 0.2) is 42.5 Å². The molecular weight excluding hydrogens is 447 g/mol. The minimum absolute atomic E-state index is 0.0242. The maximum atomic E-state index is 14.2. The highest BCUT2D eigenvalue weighted by molar-refractivity contribution is 5.81. The van der Waals surface area contributed by atoms with E-state index in [4.69, 9.17) is 9.47 Å². The average Bonchev–Trinajstić information content (AvgIpc) is 3.38. The largest absolute Gasteiger partial charge is 0.481 e. The van der Waals surface area contributed by atoms with E-state index in [1.165, 1.54) is 12.1 Å². The van der Waals surface area contributed by atoms with Crippen molar-refractivity contribution in [3.63, 3.8) is 0 Å². The quantitative estimate of drug-likeness (QED) is 0.605. The van der Waals surface area contributed by atoms with Crippen LogP contribution in [0.1, 0.15) is 62.8 Å². The first kappa shape index (κ1) is 25.2. The van der Waals surface area contributed by atoms with Gasteiger partial charge in [-0.15, -0.1) is 0 Å². The van der Waals surface area contributed by atoms with E-state index in [-0.39, 0.29) is 29.7 Å². The Bertz CT molecular complexity index is 1050. The van der Waals surface area contributed by atoms with Crippen molar-refractivity contribution in [1.82, 2.24) is 10.2 Å². The zero-order valence-electron chi connectivity index (χ0n) is 20.8. The molecule has 2 heterocycles. The Morgan fingerprint density at radius 3 is 2.74 bits per heavy atom. The van der Waals surface area contributed by atoms with E-state index in [0.29, 0.717) is 31.7 Å². The van der Waals surface area contributed by atoms with Gasteiger partial charge in [0.05, 0.1) is 12.1 Å². The standard InChI is InChI=1S/C28H35FN2O4/c1-4-25(27(32)30-17-23-9-6-14-34-23)35-22-11-10-19-12-13-31(28(33)18(2)3)26(24(19)16-22)20-7-5-8-21(29)15-20/h5,7-8,10-11,15-16,18,23,25-26H,4,6,9,12-14,17H2,1-3H3,(H,30,32)/t23-,25-,26-/m0/s1. The van der Waals surface area contributed by atoms with Crippen molar-refractivity contribution in [2.24, 2.45) is 5.92 Å². The van der Waals surface area contributed by atoms with Crippen molar-refractivity contribution in [3.05, 3.63) is 65.0 Å². The Morgan fingerprint density at radius 2 is 2.06 bits per heavy atom. The van der Waals surface area contributed by atoms with E-state index < -0.39 is 12.1 Å². The van der Waals surface area contributed by atoms with Crippen molar-refractivity contribution in [3.8, 4) is 5.75 Å². The molecule has 2 amide bonds. The SMILES string of the molecule is CC[C@H](Oc1ccc2c(c1)[C@H](c1cccc(F)c1)N(C(=O)C(C)C)CC2)C(=O)NC[C@@H]1CCCO1. The number of fused-ring (bicyclic) bond motifs is 1. The van der Waals surface area contributed by atoms with E-state index >= 15 is 0 Å². The summed E-state index contributed by atoms with van der Waals surface area (Å²) >= 11 is 0. The number of hydrogen-bond donors (Lipinski definition) is 1. The highest BCUT2D eigenvalue weighted by atomic mass is 19.1. The smallest absolute Gasteiger partial charge is 0.261 e. The predicted octanol–water partition coefficient (Wildman–Crippen LogP) is 4.41. The third-order valence-electron chi connectivity index (χ3n) is 6.76. The summed E-state index contributed by atoms with van der Waals surface area (Å²) in [6.45, 7) is 7.45. The first-order chi connectivity index (χ1) is 16.9. The molecule has 6 nitrogen and oxygen atoms in total. The molecule has 0 radical (unpaired) electrons. The minimum Gasteiger partial charge on any atom is -0.481 e. The number of rotatable bonds is 8. The number of nitrogens with zero attached hydrogens (tertiary/aromatic N) is 1. The van der Waals surface area contributed by atoms with E-state index in [1.807, 2.05) is 49.9 Å². The van der Waals surface area contributed by atoms with Crippen molar-refractivity contribution < 1.29 is 23.5 Å². The van der Waals surface area contributed by atoms with Gasteiger partial charge in [-0.3, -0.25) is 9.59 Å². The van der Waals surface area contributed by atoms with Gasteiger partial charge < -0.3 is 19.7 Å². The van der Waals surface area contributed by atoms with Crippen molar-refractivity contribution in [1.29, 1.82) is 0 Å². The lowest BCUT2D eigenvalue weighted by molar-refractivity contribution is -0.136. The molecule has 1 saturated heterocycles. The zero-order chi connectivity index (χ0) is 24.9. The van der Waals surface area contributed by atoms with Gasteiger partial charge in [-0.05, 0) is 66.6 Å². The van der Waals surface area contributed by atoms with Crippen LogP contribution in [0.2, 0.25) is 0 Å². The van der Waals surface area contributed by atoms with Gasteiger partial charge in [0.15, 0.2) is 6.10 Å². The molecule has 2 aliphatic heterocycles. The predicted molar refractivity (Wildman–Crippen MR) is 132 cm³/mol. The maximum absolute atomic E-state index is 14.2. The molecule has 3 atom stereocenters. The molecule has 7 heteroatoms. The summed E-state index contributed by atoms with van der Waals surface area (Å²) in [5, 5.41) is 2.95. The number of amides is 2. The van der Waals surface area contributed by atoms with E-state index in [0.717, 1.165) is 36.1 Å². The van der Waals surface area contributed by atoms with Crippen LogP contribution in [0.5, 0.6) is 5.75 Å². The van der Waals surface area contributed by atoms with Crippen LogP contribution in [0.4, 0.5) is 4.39 Å². The van der Waals surface area contributed by atoms with Crippen LogP contribution < -0.4 is 10.1 Å². The van der Waals surface area contributed by atoms with Gasteiger partial charge in [-0.2, -0.15) is 0 Å². The first-order valence-corrected chi connectivity index (χ1v) is 12.6. The van der Waals surface area contributed by atoms with Crippen molar-refractivity contribution >= 4 is 11.8 Å². The molecule has 1 N–H and O–H groups in total. The van der Waals surface area contributed by atoms with Gasteiger partial charge in [-0.1, -0.05) is 39.0 Å². The van der Waals surface area contributed by atoms with E-state index in [2.05, 4.69) is 5.32 Å². The lowest BCUT2D eigenvalue weighted by atomic mass is 9.87. The number of hydrogen-bond acceptors (Lipinski definition) is 4. The van der Waals surface area contributed by atoms with Crippen LogP contribution in [0.25, 0.3) is 0 Å². The van der Waals surface area contributed by atoms with Gasteiger partial charge >= 0.3 is 0 Å². The Balaban J connectivity index is 1.59. The molecular formula is C28H35FN2O4. The zero-order valence-corrected chi connectivity index (χ0v) is 20.8. The van der Waals surface area contributed by atoms with Crippen molar-refractivity contribution in [2.75, 3.05) is 19.7 Å². The maximum Gasteiger partial charge on any atom is 0.261 e. The van der Waals surface area contributed by atoms with E-state index in [9.17, 15) is 14.0 Å². The lowest BCUT2D eigenvalue weighted by Crippen LogP contribution is -2.43. The van der Waals surface area contributed by atoms with Crippen LogP contribution >= 0.6 is 0 Å². The number of carbonyl (C=O) groups is 2. The molecule has 0 aliphatic carbocycles. The van der Waals surface area contributed by atoms with Crippen molar-refractivity contribution in [2.45, 2.75) is 64.7 Å².